The monoisotopic (exact) mass is 373 g/mol. The number of nitrogens with zero attached hydrogens (tertiary/aromatic N) is 1. The number of carbonyl (C=O) groups is 1. The second kappa shape index (κ2) is 6.81. The van der Waals surface area contributed by atoms with Crippen LogP contribution in [-0.4, -0.2) is 19.1 Å². The summed E-state index contributed by atoms with van der Waals surface area (Å²) in [6, 6.07) is 12.4. The van der Waals surface area contributed by atoms with Gasteiger partial charge in [0.05, 0.1) is 17.2 Å². The highest BCUT2D eigenvalue weighted by atomic mass is 32.2. The van der Waals surface area contributed by atoms with Gasteiger partial charge in [0, 0.05) is 6.08 Å². The van der Waals surface area contributed by atoms with Crippen molar-refractivity contribution in [3.63, 3.8) is 0 Å². The number of sulfone groups is 1. The van der Waals surface area contributed by atoms with Crippen molar-refractivity contribution >= 4 is 27.6 Å². The predicted octanol–water partition coefficient (Wildman–Crippen LogP) is 3.48. The molecule has 0 radical (unpaired) electrons. The van der Waals surface area contributed by atoms with Gasteiger partial charge < -0.3 is 8.83 Å². The fourth-order valence-electron chi connectivity index (χ4n) is 2.17. The van der Waals surface area contributed by atoms with E-state index in [1.807, 2.05) is 0 Å². The van der Waals surface area contributed by atoms with Gasteiger partial charge in [0.2, 0.25) is 15.6 Å². The molecule has 0 saturated heterocycles. The summed E-state index contributed by atoms with van der Waals surface area (Å²) in [6.45, 7) is 0. The number of hydrogen-bond donors (Lipinski definition) is 0. The van der Waals surface area contributed by atoms with Crippen LogP contribution in [-0.2, 0) is 9.84 Å². The molecular formula is C17H11NO7S. The summed E-state index contributed by atoms with van der Waals surface area (Å²) in [5.74, 6) is -1.79. The van der Waals surface area contributed by atoms with Gasteiger partial charge in [0.1, 0.15) is 15.6 Å². The van der Waals surface area contributed by atoms with Crippen LogP contribution in [0.1, 0.15) is 16.3 Å². The molecule has 0 bridgehead atoms. The summed E-state index contributed by atoms with van der Waals surface area (Å²) in [5.41, 5.74) is 0. The minimum absolute atomic E-state index is 0.104. The lowest BCUT2D eigenvalue weighted by atomic mass is 10.2. The number of ketones is 1. The molecule has 8 nitrogen and oxygen atoms in total. The van der Waals surface area contributed by atoms with Gasteiger partial charge in [-0.2, -0.15) is 0 Å². The van der Waals surface area contributed by atoms with E-state index in [4.69, 9.17) is 8.83 Å². The van der Waals surface area contributed by atoms with E-state index in [1.165, 1.54) is 48.7 Å². The molecule has 26 heavy (non-hydrogen) atoms. The Bertz CT molecular complexity index is 1080. The minimum Gasteiger partial charge on any atom is -0.461 e. The van der Waals surface area contributed by atoms with Crippen molar-refractivity contribution < 1.29 is 27.0 Å². The van der Waals surface area contributed by atoms with Crippen LogP contribution >= 0.6 is 0 Å². The van der Waals surface area contributed by atoms with Crippen molar-refractivity contribution in [2.24, 2.45) is 0 Å². The fourth-order valence-corrected chi connectivity index (χ4v) is 3.55. The number of nitro groups is 1. The van der Waals surface area contributed by atoms with E-state index in [1.54, 1.807) is 6.07 Å². The third-order valence-corrected chi connectivity index (χ3v) is 5.15. The molecule has 0 aliphatic heterocycles. The Labute approximate surface area is 147 Å². The van der Waals surface area contributed by atoms with Crippen molar-refractivity contribution in [1.82, 2.24) is 0 Å². The van der Waals surface area contributed by atoms with Crippen LogP contribution in [0, 0.1) is 10.1 Å². The Hall–Kier alpha value is -3.46. The number of Topliss-reactive ketones (excluding diaryl/α,β-unsaturated/α-hetero) is 1. The molecule has 2 heterocycles. The van der Waals surface area contributed by atoms with Crippen molar-refractivity contribution in [2.45, 2.75) is 4.90 Å². The third kappa shape index (κ3) is 3.33. The summed E-state index contributed by atoms with van der Waals surface area (Å²) < 4.78 is 35.8. The summed E-state index contributed by atoms with van der Waals surface area (Å²) in [7, 11) is -4.21. The summed E-state index contributed by atoms with van der Waals surface area (Å²) in [4.78, 5) is 21.9. The average molecular weight is 373 g/mol. The molecule has 2 aromatic heterocycles. The average Bonchev–Trinajstić information content (AvgIpc) is 3.31. The van der Waals surface area contributed by atoms with Gasteiger partial charge in [-0.1, -0.05) is 18.2 Å². The lowest BCUT2D eigenvalue weighted by molar-refractivity contribution is -0.402. The Morgan fingerprint density at radius 3 is 2.35 bits per heavy atom. The van der Waals surface area contributed by atoms with Crippen LogP contribution in [0.4, 0.5) is 5.88 Å². The predicted molar refractivity (Wildman–Crippen MR) is 90.0 cm³/mol. The highest BCUT2D eigenvalue weighted by molar-refractivity contribution is 7.96. The van der Waals surface area contributed by atoms with E-state index in [0.717, 1.165) is 12.1 Å². The standard InChI is InChI=1S/C17H11NO7S/c19-17(14-7-4-10-24-14)15(11-12-8-9-16(25-12)18(20)21)26(22,23)13-5-2-1-3-6-13/h1-11H/b15-11-. The highest BCUT2D eigenvalue weighted by Crippen LogP contribution is 2.27. The Morgan fingerprint density at radius 1 is 1.04 bits per heavy atom. The number of furan rings is 2. The molecular weight excluding hydrogens is 362 g/mol. The first kappa shape index (κ1) is 17.4. The second-order valence-electron chi connectivity index (χ2n) is 5.06. The number of benzene rings is 1. The van der Waals surface area contributed by atoms with Crippen molar-refractivity contribution in [3.8, 4) is 0 Å². The summed E-state index contributed by atoms with van der Waals surface area (Å²) >= 11 is 0. The smallest absolute Gasteiger partial charge is 0.433 e. The first-order valence-corrected chi connectivity index (χ1v) is 8.72. The molecule has 0 aliphatic carbocycles. The highest BCUT2D eigenvalue weighted by Gasteiger charge is 2.30. The van der Waals surface area contributed by atoms with Crippen molar-refractivity contribution in [1.29, 1.82) is 0 Å². The molecule has 0 fully saturated rings. The van der Waals surface area contributed by atoms with E-state index in [-0.39, 0.29) is 16.4 Å². The van der Waals surface area contributed by atoms with E-state index >= 15 is 0 Å². The molecule has 3 aromatic rings. The van der Waals surface area contributed by atoms with Crippen molar-refractivity contribution in [2.75, 3.05) is 0 Å². The number of rotatable bonds is 6. The normalized spacial score (nSPS) is 12.1. The molecule has 3 rings (SSSR count). The number of hydrogen-bond acceptors (Lipinski definition) is 7. The zero-order valence-electron chi connectivity index (χ0n) is 13.1. The number of allylic oxidation sites excluding steroid dienone is 1. The SMILES string of the molecule is O=C(/C(=C/c1ccc([N+](=O)[O-])o1)S(=O)(=O)c1ccccc1)c1ccco1. The fraction of sp³-hybridized carbons (Fsp3) is 0. The molecule has 0 aliphatic rings. The third-order valence-electron chi connectivity index (χ3n) is 3.38. The van der Waals surface area contributed by atoms with Crippen LogP contribution in [0.2, 0.25) is 0 Å². The van der Waals surface area contributed by atoms with E-state index in [9.17, 15) is 23.3 Å². The van der Waals surface area contributed by atoms with Crippen LogP contribution in [0.25, 0.3) is 6.08 Å². The molecule has 0 unspecified atom stereocenters. The van der Waals surface area contributed by atoms with Gasteiger partial charge in [0.15, 0.2) is 5.76 Å². The van der Waals surface area contributed by atoms with Crippen LogP contribution < -0.4 is 0 Å². The Kier molecular flexibility index (Phi) is 4.55. The van der Waals surface area contributed by atoms with Crippen LogP contribution in [0.5, 0.6) is 0 Å². The first-order valence-electron chi connectivity index (χ1n) is 7.24. The topological polar surface area (TPSA) is 121 Å². The number of carbonyl (C=O) groups excluding carboxylic acids is 1. The zero-order valence-corrected chi connectivity index (χ0v) is 13.9. The second-order valence-corrected chi connectivity index (χ2v) is 6.98. The van der Waals surface area contributed by atoms with Gasteiger partial charge in [0.25, 0.3) is 0 Å². The largest absolute Gasteiger partial charge is 0.461 e. The summed E-state index contributed by atoms with van der Waals surface area (Å²) in [6.07, 6.45) is 2.18. The first-order chi connectivity index (χ1) is 12.4. The molecule has 0 amide bonds. The van der Waals surface area contributed by atoms with Gasteiger partial charge in [-0.25, -0.2) is 8.42 Å². The van der Waals surface area contributed by atoms with Gasteiger partial charge >= 0.3 is 5.88 Å². The lowest BCUT2D eigenvalue weighted by Gasteiger charge is -2.07. The Balaban J connectivity index is 2.15. The minimum atomic E-state index is -4.21. The Morgan fingerprint density at radius 2 is 1.77 bits per heavy atom. The maximum absolute atomic E-state index is 12.9. The molecule has 0 saturated carbocycles. The zero-order chi connectivity index (χ0) is 18.7. The van der Waals surface area contributed by atoms with Gasteiger partial charge in [-0.05, 0) is 30.3 Å². The van der Waals surface area contributed by atoms with Gasteiger partial charge in [-0.15, -0.1) is 0 Å². The molecule has 0 spiro atoms. The maximum Gasteiger partial charge on any atom is 0.433 e. The molecule has 0 N–H and O–H groups in total. The molecule has 9 heteroatoms. The van der Waals surface area contributed by atoms with E-state index < -0.39 is 31.3 Å². The van der Waals surface area contributed by atoms with E-state index in [0.29, 0.717) is 0 Å². The maximum atomic E-state index is 12.9. The molecule has 0 atom stereocenters. The quantitative estimate of drug-likeness (QED) is 0.281. The summed E-state index contributed by atoms with van der Waals surface area (Å²) in [5, 5.41) is 10.7. The van der Waals surface area contributed by atoms with Crippen molar-refractivity contribution in [3.05, 3.63) is 87.4 Å². The molecule has 132 valence electrons. The van der Waals surface area contributed by atoms with Crippen LogP contribution in [0.15, 0.2) is 79.5 Å². The van der Waals surface area contributed by atoms with Crippen LogP contribution in [0.3, 0.4) is 0 Å². The van der Waals surface area contributed by atoms with E-state index in [2.05, 4.69) is 0 Å². The lowest BCUT2D eigenvalue weighted by Crippen LogP contribution is -2.14. The van der Waals surface area contributed by atoms with Gasteiger partial charge in [-0.3, -0.25) is 14.9 Å². The molecule has 1 aromatic carbocycles.